The number of amides is 1. The number of hydrogen-bond acceptors (Lipinski definition) is 4. The van der Waals surface area contributed by atoms with Gasteiger partial charge in [0.1, 0.15) is 11.6 Å². The van der Waals surface area contributed by atoms with Gasteiger partial charge >= 0.3 is 0 Å². The van der Waals surface area contributed by atoms with Crippen molar-refractivity contribution in [1.82, 2.24) is 20.1 Å². The number of nitrogens with one attached hydrogen (secondary N) is 1. The summed E-state index contributed by atoms with van der Waals surface area (Å²) >= 11 is 1.37. The van der Waals surface area contributed by atoms with Gasteiger partial charge in [-0.1, -0.05) is 30.0 Å². The number of halogens is 1. The Labute approximate surface area is 150 Å². The summed E-state index contributed by atoms with van der Waals surface area (Å²) in [7, 11) is 0. The highest BCUT2D eigenvalue weighted by Crippen LogP contribution is 2.40. The van der Waals surface area contributed by atoms with Crippen LogP contribution in [-0.2, 0) is 17.9 Å². The van der Waals surface area contributed by atoms with E-state index in [1.54, 1.807) is 19.1 Å². The van der Waals surface area contributed by atoms with E-state index in [0.29, 0.717) is 24.6 Å². The SMILES string of the molecule is C=CCn1c(SCC(=O)NCc2ccc(F)c(C)c2)nnc1C1CC1. The first kappa shape index (κ1) is 17.7. The van der Waals surface area contributed by atoms with Crippen LogP contribution < -0.4 is 5.32 Å². The smallest absolute Gasteiger partial charge is 0.230 e. The summed E-state index contributed by atoms with van der Waals surface area (Å²) in [6.07, 6.45) is 4.12. The van der Waals surface area contributed by atoms with Crippen molar-refractivity contribution >= 4 is 17.7 Å². The maximum Gasteiger partial charge on any atom is 0.230 e. The second-order valence-corrected chi connectivity index (χ2v) is 7.11. The monoisotopic (exact) mass is 360 g/mol. The summed E-state index contributed by atoms with van der Waals surface area (Å²) in [5, 5.41) is 12.1. The van der Waals surface area contributed by atoms with Crippen molar-refractivity contribution in [3.05, 3.63) is 53.6 Å². The average Bonchev–Trinajstić information content (AvgIpc) is 3.36. The molecule has 1 aromatic carbocycles. The quantitative estimate of drug-likeness (QED) is 0.580. The van der Waals surface area contributed by atoms with E-state index in [1.165, 1.54) is 17.8 Å². The standard InChI is InChI=1S/C18H21FN4OS/c1-3-8-23-17(14-5-6-14)21-22-18(23)25-11-16(24)20-10-13-4-7-15(19)12(2)9-13/h3-4,7,9,14H,1,5-6,8,10-11H2,2H3,(H,20,24). The molecule has 0 aliphatic heterocycles. The molecule has 3 rings (SSSR count). The van der Waals surface area contributed by atoms with Gasteiger partial charge in [-0.05, 0) is 37.0 Å². The fraction of sp³-hybridized carbons (Fsp3) is 0.389. The Morgan fingerprint density at radius 1 is 1.48 bits per heavy atom. The lowest BCUT2D eigenvalue weighted by molar-refractivity contribution is -0.118. The number of allylic oxidation sites excluding steroid dienone is 1. The molecule has 1 aliphatic carbocycles. The van der Waals surface area contributed by atoms with Crippen LogP contribution in [0.3, 0.4) is 0 Å². The number of carbonyl (C=O) groups is 1. The Kier molecular flexibility index (Phi) is 5.53. The second-order valence-electron chi connectivity index (χ2n) is 6.16. The molecule has 1 aromatic heterocycles. The van der Waals surface area contributed by atoms with Gasteiger partial charge in [-0.25, -0.2) is 4.39 Å². The predicted octanol–water partition coefficient (Wildman–Crippen LogP) is 3.20. The summed E-state index contributed by atoms with van der Waals surface area (Å²) in [6.45, 7) is 6.52. The molecule has 7 heteroatoms. The molecule has 0 unspecified atom stereocenters. The van der Waals surface area contributed by atoms with Gasteiger partial charge in [0, 0.05) is 19.0 Å². The van der Waals surface area contributed by atoms with Crippen molar-refractivity contribution in [2.75, 3.05) is 5.75 Å². The number of benzene rings is 1. The topological polar surface area (TPSA) is 59.8 Å². The zero-order chi connectivity index (χ0) is 17.8. The molecular formula is C18H21FN4OS. The molecule has 0 saturated heterocycles. The minimum atomic E-state index is -0.237. The number of nitrogens with zero attached hydrogens (tertiary/aromatic N) is 3. The van der Waals surface area contributed by atoms with Crippen molar-refractivity contribution in [2.24, 2.45) is 0 Å². The van der Waals surface area contributed by atoms with Crippen LogP contribution in [0.5, 0.6) is 0 Å². The number of aryl methyl sites for hydroxylation is 1. The lowest BCUT2D eigenvalue weighted by Gasteiger charge is -2.08. The third-order valence-electron chi connectivity index (χ3n) is 4.04. The summed E-state index contributed by atoms with van der Waals surface area (Å²) in [4.78, 5) is 12.1. The van der Waals surface area contributed by atoms with E-state index in [1.807, 2.05) is 10.6 Å². The first-order valence-corrected chi connectivity index (χ1v) is 9.25. The molecule has 1 saturated carbocycles. The van der Waals surface area contributed by atoms with Crippen molar-refractivity contribution in [1.29, 1.82) is 0 Å². The maximum absolute atomic E-state index is 13.3. The van der Waals surface area contributed by atoms with E-state index in [4.69, 9.17) is 0 Å². The van der Waals surface area contributed by atoms with Crippen LogP contribution in [0.25, 0.3) is 0 Å². The molecule has 25 heavy (non-hydrogen) atoms. The Bertz CT molecular complexity index is 785. The van der Waals surface area contributed by atoms with Crippen LogP contribution >= 0.6 is 11.8 Å². The minimum absolute atomic E-state index is 0.0897. The van der Waals surface area contributed by atoms with Crippen molar-refractivity contribution in [2.45, 2.75) is 43.9 Å². The normalized spacial score (nSPS) is 13.7. The lowest BCUT2D eigenvalue weighted by atomic mass is 10.1. The Morgan fingerprint density at radius 2 is 2.28 bits per heavy atom. The van der Waals surface area contributed by atoms with Gasteiger partial charge in [0.15, 0.2) is 5.16 Å². The molecule has 132 valence electrons. The number of thioether (sulfide) groups is 1. The molecular weight excluding hydrogens is 339 g/mol. The molecule has 1 fully saturated rings. The number of aromatic nitrogens is 3. The van der Waals surface area contributed by atoms with Gasteiger partial charge in [0.25, 0.3) is 0 Å². The van der Waals surface area contributed by atoms with Crippen LogP contribution in [0.15, 0.2) is 36.0 Å². The van der Waals surface area contributed by atoms with Crippen LogP contribution in [0.1, 0.15) is 35.7 Å². The summed E-state index contributed by atoms with van der Waals surface area (Å²) in [6, 6.07) is 4.84. The van der Waals surface area contributed by atoms with E-state index in [0.717, 1.165) is 29.4 Å². The average molecular weight is 360 g/mol. The van der Waals surface area contributed by atoms with Crippen molar-refractivity contribution in [3.8, 4) is 0 Å². The summed E-state index contributed by atoms with van der Waals surface area (Å²) in [5.41, 5.74) is 1.45. The lowest BCUT2D eigenvalue weighted by Crippen LogP contribution is -2.24. The van der Waals surface area contributed by atoms with E-state index in [-0.39, 0.29) is 17.5 Å². The van der Waals surface area contributed by atoms with E-state index in [2.05, 4.69) is 22.1 Å². The number of rotatable bonds is 8. The van der Waals surface area contributed by atoms with Crippen LogP contribution in [-0.4, -0.2) is 26.4 Å². The van der Waals surface area contributed by atoms with E-state index in [9.17, 15) is 9.18 Å². The summed E-state index contributed by atoms with van der Waals surface area (Å²) in [5.74, 6) is 1.42. The van der Waals surface area contributed by atoms with Gasteiger partial charge in [0.05, 0.1) is 5.75 Å². The van der Waals surface area contributed by atoms with Crippen LogP contribution in [0, 0.1) is 12.7 Å². The van der Waals surface area contributed by atoms with Gasteiger partial charge in [-0.15, -0.1) is 16.8 Å². The first-order valence-electron chi connectivity index (χ1n) is 8.27. The highest BCUT2D eigenvalue weighted by molar-refractivity contribution is 7.99. The Balaban J connectivity index is 1.53. The third-order valence-corrected chi connectivity index (χ3v) is 5.01. The van der Waals surface area contributed by atoms with Crippen LogP contribution in [0.4, 0.5) is 4.39 Å². The van der Waals surface area contributed by atoms with Gasteiger partial charge in [-0.2, -0.15) is 0 Å². The summed E-state index contributed by atoms with van der Waals surface area (Å²) < 4.78 is 15.3. The third kappa shape index (κ3) is 4.48. The highest BCUT2D eigenvalue weighted by atomic mass is 32.2. The Morgan fingerprint density at radius 3 is 2.96 bits per heavy atom. The molecule has 0 atom stereocenters. The predicted molar refractivity (Wildman–Crippen MR) is 95.9 cm³/mol. The van der Waals surface area contributed by atoms with Gasteiger partial charge < -0.3 is 9.88 Å². The molecule has 0 radical (unpaired) electrons. The highest BCUT2D eigenvalue weighted by Gasteiger charge is 2.30. The minimum Gasteiger partial charge on any atom is -0.351 e. The molecule has 2 aromatic rings. The number of hydrogen-bond donors (Lipinski definition) is 1. The molecule has 1 N–H and O–H groups in total. The zero-order valence-corrected chi connectivity index (χ0v) is 15.0. The zero-order valence-electron chi connectivity index (χ0n) is 14.2. The number of carbonyl (C=O) groups excluding carboxylic acids is 1. The molecule has 5 nitrogen and oxygen atoms in total. The molecule has 0 bridgehead atoms. The molecule has 1 amide bonds. The van der Waals surface area contributed by atoms with Crippen molar-refractivity contribution in [3.63, 3.8) is 0 Å². The first-order chi connectivity index (χ1) is 12.1. The van der Waals surface area contributed by atoms with Gasteiger partial charge in [0.2, 0.25) is 5.91 Å². The molecule has 1 heterocycles. The van der Waals surface area contributed by atoms with Crippen LogP contribution in [0.2, 0.25) is 0 Å². The van der Waals surface area contributed by atoms with E-state index < -0.39 is 0 Å². The van der Waals surface area contributed by atoms with E-state index >= 15 is 0 Å². The van der Waals surface area contributed by atoms with Gasteiger partial charge in [-0.3, -0.25) is 4.79 Å². The fourth-order valence-electron chi connectivity index (χ4n) is 2.55. The second kappa shape index (κ2) is 7.82. The fourth-order valence-corrected chi connectivity index (χ4v) is 3.33. The Hall–Kier alpha value is -2.15. The van der Waals surface area contributed by atoms with Crippen molar-refractivity contribution < 1.29 is 9.18 Å². The maximum atomic E-state index is 13.3. The molecule has 0 spiro atoms. The molecule has 1 aliphatic rings. The largest absolute Gasteiger partial charge is 0.351 e.